The van der Waals surface area contributed by atoms with Gasteiger partial charge < -0.3 is 26.1 Å². The van der Waals surface area contributed by atoms with E-state index in [2.05, 4.69) is 43.5 Å². The minimum absolute atomic E-state index is 0.000156. The lowest BCUT2D eigenvalue weighted by atomic mass is 9.84. The molecule has 1 aromatic rings. The van der Waals surface area contributed by atoms with Crippen LogP contribution in [-0.2, 0) is 0 Å². The van der Waals surface area contributed by atoms with E-state index in [1.165, 1.54) is 11.1 Å². The second kappa shape index (κ2) is 16.9. The fraction of sp³-hybridized carbons (Fsp3) is 0.529. The number of aliphatic hydroxyl groups excluding tert-OH is 1. The Labute approximate surface area is 252 Å². The van der Waals surface area contributed by atoms with Gasteiger partial charge in [0.2, 0.25) is 0 Å². The van der Waals surface area contributed by atoms with Crippen molar-refractivity contribution in [3.63, 3.8) is 0 Å². The van der Waals surface area contributed by atoms with E-state index in [0.29, 0.717) is 30.0 Å². The Morgan fingerprint density at radius 1 is 1.21 bits per heavy atom. The average molecular weight is 577 g/mol. The molecule has 2 aliphatic rings. The van der Waals surface area contributed by atoms with Crippen LogP contribution < -0.4 is 16.9 Å². The van der Waals surface area contributed by atoms with Gasteiger partial charge in [-0.25, -0.2) is 5.84 Å². The van der Waals surface area contributed by atoms with Crippen LogP contribution in [-0.4, -0.2) is 59.4 Å². The zero-order valence-corrected chi connectivity index (χ0v) is 26.1. The van der Waals surface area contributed by atoms with Gasteiger partial charge in [0, 0.05) is 61.9 Å². The number of likely N-dealkylation sites (tertiary alicyclic amines) is 1. The van der Waals surface area contributed by atoms with Crippen LogP contribution in [0.25, 0.3) is 0 Å². The Morgan fingerprint density at radius 3 is 2.62 bits per heavy atom. The molecule has 0 bridgehead atoms. The van der Waals surface area contributed by atoms with E-state index in [0.717, 1.165) is 69.2 Å². The highest BCUT2D eigenvalue weighted by atomic mass is 16.2. The third-order valence-corrected chi connectivity index (χ3v) is 8.35. The SMILES string of the molecule is C/C=C(/C(CCCCCCO)=N\c1cc(C(=O)N2CCC(N(N)/C=C(/C)NC)CC2)ccc1N)C1C=C(CC)C=CC1. The molecule has 6 N–H and O–H groups in total. The maximum atomic E-state index is 13.6. The van der Waals surface area contributed by atoms with Gasteiger partial charge in [-0.1, -0.05) is 49.6 Å². The van der Waals surface area contributed by atoms with Crippen molar-refractivity contribution in [1.29, 1.82) is 0 Å². The number of hydrogen-bond acceptors (Lipinski definition) is 7. The number of nitrogens with one attached hydrogen (secondary N) is 1. The lowest BCUT2D eigenvalue weighted by Crippen LogP contribution is -2.47. The van der Waals surface area contributed by atoms with E-state index in [1.54, 1.807) is 11.1 Å². The van der Waals surface area contributed by atoms with Crippen LogP contribution >= 0.6 is 0 Å². The van der Waals surface area contributed by atoms with Crippen molar-refractivity contribution in [3.05, 3.63) is 71.1 Å². The first kappa shape index (κ1) is 33.1. The molecule has 0 saturated carbocycles. The number of benzene rings is 1. The lowest BCUT2D eigenvalue weighted by molar-refractivity contribution is 0.0660. The standard InChI is InChI=1S/C34H52N6O2/c1-5-26-12-11-13-27(22-26)30(6-2)32(14-9-7-8-10-21-41)38-33-23-28(15-16-31(33)35)34(42)39-19-17-29(18-20-39)40(36)24-25(3)37-4/h6,11-12,15-16,22-24,27,29,37,41H,5,7-10,13-14,17-21,35-36H2,1-4H3/b25-24-,30-6+,38-32-. The molecular formula is C34H52N6O2. The first-order valence-electron chi connectivity index (χ1n) is 15.6. The number of hydrogen-bond donors (Lipinski definition) is 4. The maximum absolute atomic E-state index is 13.6. The summed E-state index contributed by atoms with van der Waals surface area (Å²) in [5.41, 5.74) is 12.9. The number of hydrazine groups is 1. The molecule has 3 rings (SSSR count). The highest BCUT2D eigenvalue weighted by Crippen LogP contribution is 2.32. The van der Waals surface area contributed by atoms with Crippen LogP contribution in [0, 0.1) is 5.92 Å². The van der Waals surface area contributed by atoms with Gasteiger partial charge in [0.05, 0.1) is 11.4 Å². The summed E-state index contributed by atoms with van der Waals surface area (Å²) in [4.78, 5) is 20.6. The normalized spacial score (nSPS) is 18.7. The Hall–Kier alpha value is -3.36. The van der Waals surface area contributed by atoms with Crippen LogP contribution in [0.1, 0.15) is 88.9 Å². The second-order valence-electron chi connectivity index (χ2n) is 11.3. The van der Waals surface area contributed by atoms with Crippen LogP contribution in [0.5, 0.6) is 0 Å². The van der Waals surface area contributed by atoms with Crippen molar-refractivity contribution in [1.82, 2.24) is 15.2 Å². The van der Waals surface area contributed by atoms with Gasteiger partial charge in [0.15, 0.2) is 0 Å². The maximum Gasteiger partial charge on any atom is 0.253 e. The molecule has 1 saturated heterocycles. The Kier molecular flexibility index (Phi) is 13.4. The monoisotopic (exact) mass is 576 g/mol. The van der Waals surface area contributed by atoms with Crippen LogP contribution in [0.3, 0.4) is 0 Å². The van der Waals surface area contributed by atoms with Crippen molar-refractivity contribution < 1.29 is 9.90 Å². The van der Waals surface area contributed by atoms with Crippen molar-refractivity contribution >= 4 is 23.0 Å². The molecule has 1 atom stereocenters. The number of piperidine rings is 1. The molecule has 42 heavy (non-hydrogen) atoms. The Bertz CT molecular complexity index is 1190. The molecule has 8 heteroatoms. The van der Waals surface area contributed by atoms with Gasteiger partial charge in [0.1, 0.15) is 0 Å². The summed E-state index contributed by atoms with van der Waals surface area (Å²) in [7, 11) is 1.88. The number of nitrogens with two attached hydrogens (primary N) is 2. The van der Waals surface area contributed by atoms with Gasteiger partial charge in [-0.3, -0.25) is 9.79 Å². The van der Waals surface area contributed by atoms with E-state index < -0.39 is 0 Å². The molecule has 1 aliphatic carbocycles. The number of aliphatic hydroxyl groups is 1. The molecule has 0 spiro atoms. The molecule has 0 aromatic heterocycles. The van der Waals surface area contributed by atoms with Crippen LogP contribution in [0.2, 0.25) is 0 Å². The summed E-state index contributed by atoms with van der Waals surface area (Å²) in [6, 6.07) is 5.66. The Morgan fingerprint density at radius 2 is 1.95 bits per heavy atom. The summed E-state index contributed by atoms with van der Waals surface area (Å²) in [6.07, 6.45) is 19.2. The molecule has 1 aromatic carbocycles. The van der Waals surface area contributed by atoms with E-state index in [1.807, 2.05) is 37.2 Å². The second-order valence-corrected chi connectivity index (χ2v) is 11.3. The van der Waals surface area contributed by atoms with Crippen LogP contribution in [0.4, 0.5) is 11.4 Å². The van der Waals surface area contributed by atoms with Crippen molar-refractivity contribution in [2.75, 3.05) is 32.5 Å². The van der Waals surface area contributed by atoms with Gasteiger partial charge >= 0.3 is 0 Å². The van der Waals surface area contributed by atoms with Gasteiger partial charge in [-0.15, -0.1) is 0 Å². The van der Waals surface area contributed by atoms with Crippen molar-refractivity contribution in [2.24, 2.45) is 16.8 Å². The highest BCUT2D eigenvalue weighted by molar-refractivity contribution is 6.03. The smallest absolute Gasteiger partial charge is 0.253 e. The average Bonchev–Trinajstić information content (AvgIpc) is 3.01. The predicted octanol–water partition coefficient (Wildman–Crippen LogP) is 6.00. The number of nitrogen functional groups attached to an aromatic ring is 1. The number of aliphatic imine (C=N–C) groups is 1. The van der Waals surface area contributed by atoms with E-state index in [9.17, 15) is 9.90 Å². The number of allylic oxidation sites excluding steroid dienone is 7. The first-order valence-corrected chi connectivity index (χ1v) is 15.6. The first-order chi connectivity index (χ1) is 20.3. The fourth-order valence-electron chi connectivity index (χ4n) is 5.68. The van der Waals surface area contributed by atoms with Crippen LogP contribution in [0.15, 0.2) is 70.5 Å². The summed E-state index contributed by atoms with van der Waals surface area (Å²) in [6.45, 7) is 7.77. The molecule has 230 valence electrons. The number of nitrogens with zero attached hydrogens (tertiary/aromatic N) is 3. The largest absolute Gasteiger partial charge is 0.397 e. The number of carbonyl (C=O) groups excluding carboxylic acids is 1. The molecule has 1 aliphatic heterocycles. The van der Waals surface area contributed by atoms with Gasteiger partial charge in [-0.2, -0.15) is 0 Å². The lowest BCUT2D eigenvalue weighted by Gasteiger charge is -2.36. The van der Waals surface area contributed by atoms with Crippen molar-refractivity contribution in [3.8, 4) is 0 Å². The number of amides is 1. The van der Waals surface area contributed by atoms with Crippen molar-refractivity contribution in [2.45, 2.75) is 84.6 Å². The fourth-order valence-corrected chi connectivity index (χ4v) is 5.68. The quantitative estimate of drug-likeness (QED) is 0.0708. The summed E-state index contributed by atoms with van der Waals surface area (Å²) in [5.74, 6) is 6.54. The van der Waals surface area contributed by atoms with E-state index >= 15 is 0 Å². The third-order valence-electron chi connectivity index (χ3n) is 8.35. The Balaban J connectivity index is 1.82. The predicted molar refractivity (Wildman–Crippen MR) is 175 cm³/mol. The summed E-state index contributed by atoms with van der Waals surface area (Å²) >= 11 is 0. The topological polar surface area (TPSA) is 120 Å². The zero-order valence-electron chi connectivity index (χ0n) is 26.1. The molecule has 1 fully saturated rings. The number of rotatable bonds is 14. The minimum Gasteiger partial charge on any atom is -0.397 e. The molecule has 8 nitrogen and oxygen atoms in total. The summed E-state index contributed by atoms with van der Waals surface area (Å²) in [5, 5.41) is 14.0. The van der Waals surface area contributed by atoms with Gasteiger partial charge in [-0.05, 0) is 82.6 Å². The van der Waals surface area contributed by atoms with E-state index in [-0.39, 0.29) is 24.5 Å². The minimum atomic E-state index is 0.000156. The molecule has 1 unspecified atom stereocenters. The zero-order chi connectivity index (χ0) is 30.5. The summed E-state index contributed by atoms with van der Waals surface area (Å²) < 4.78 is 0. The number of unbranched alkanes of at least 4 members (excludes halogenated alkanes) is 3. The number of anilines is 1. The molecule has 0 radical (unpaired) electrons. The highest BCUT2D eigenvalue weighted by Gasteiger charge is 2.26. The molecule has 1 amide bonds. The molecular weight excluding hydrogens is 524 g/mol. The van der Waals surface area contributed by atoms with Gasteiger partial charge in [0.25, 0.3) is 5.91 Å². The van der Waals surface area contributed by atoms with E-state index in [4.69, 9.17) is 16.6 Å². The third kappa shape index (κ3) is 9.33. The molecule has 1 heterocycles. The number of carbonyl (C=O) groups is 1.